The van der Waals surface area contributed by atoms with Crippen LogP contribution in [0.2, 0.25) is 0 Å². The number of carbonyl (C=O) groups is 2. The molecule has 1 fully saturated rings. The molecule has 2 atom stereocenters. The minimum Gasteiger partial charge on any atom is -0.469 e. The SMILES string of the molecule is CCCCOC(=O)CN1CC(C)C(C(=O)OC)C1. The average molecular weight is 257 g/mol. The van der Waals surface area contributed by atoms with E-state index >= 15 is 0 Å². The highest BCUT2D eigenvalue weighted by atomic mass is 16.5. The fraction of sp³-hybridized carbons (Fsp3) is 0.846. The van der Waals surface area contributed by atoms with E-state index in [0.29, 0.717) is 13.2 Å². The highest BCUT2D eigenvalue weighted by Crippen LogP contribution is 2.23. The summed E-state index contributed by atoms with van der Waals surface area (Å²) in [6.45, 7) is 6.13. The van der Waals surface area contributed by atoms with Gasteiger partial charge in [-0.05, 0) is 12.3 Å². The monoisotopic (exact) mass is 257 g/mol. The Kier molecular flexibility index (Phi) is 6.12. The predicted molar refractivity (Wildman–Crippen MR) is 67.0 cm³/mol. The van der Waals surface area contributed by atoms with Crippen molar-refractivity contribution in [2.24, 2.45) is 11.8 Å². The van der Waals surface area contributed by atoms with Gasteiger partial charge in [0.1, 0.15) is 0 Å². The molecule has 0 saturated carbocycles. The molecule has 18 heavy (non-hydrogen) atoms. The van der Waals surface area contributed by atoms with Crippen molar-refractivity contribution in [1.29, 1.82) is 0 Å². The quantitative estimate of drug-likeness (QED) is 0.526. The van der Waals surface area contributed by atoms with Crippen LogP contribution in [0.15, 0.2) is 0 Å². The maximum absolute atomic E-state index is 11.5. The molecule has 1 heterocycles. The van der Waals surface area contributed by atoms with Gasteiger partial charge in [-0.2, -0.15) is 0 Å². The lowest BCUT2D eigenvalue weighted by Crippen LogP contribution is -2.30. The molecule has 1 aliphatic heterocycles. The third-order valence-corrected chi connectivity index (χ3v) is 3.31. The van der Waals surface area contributed by atoms with Crippen LogP contribution in [0.3, 0.4) is 0 Å². The molecular weight excluding hydrogens is 234 g/mol. The Bertz CT molecular complexity index is 293. The van der Waals surface area contributed by atoms with Gasteiger partial charge >= 0.3 is 11.9 Å². The highest BCUT2D eigenvalue weighted by molar-refractivity contribution is 5.74. The Balaban J connectivity index is 2.32. The van der Waals surface area contributed by atoms with Crippen molar-refractivity contribution in [3.05, 3.63) is 0 Å². The average Bonchev–Trinajstić information content (AvgIpc) is 2.69. The molecule has 0 radical (unpaired) electrons. The van der Waals surface area contributed by atoms with Gasteiger partial charge in [0.25, 0.3) is 0 Å². The summed E-state index contributed by atoms with van der Waals surface area (Å²) < 4.78 is 9.86. The summed E-state index contributed by atoms with van der Waals surface area (Å²) in [5.74, 6) is -0.301. The number of rotatable bonds is 6. The van der Waals surface area contributed by atoms with Crippen LogP contribution in [0.25, 0.3) is 0 Å². The Labute approximate surface area is 108 Å². The smallest absolute Gasteiger partial charge is 0.320 e. The van der Waals surface area contributed by atoms with Crippen molar-refractivity contribution in [1.82, 2.24) is 4.90 Å². The lowest BCUT2D eigenvalue weighted by molar-refractivity contribution is -0.147. The van der Waals surface area contributed by atoms with E-state index in [-0.39, 0.29) is 30.3 Å². The molecule has 1 saturated heterocycles. The van der Waals surface area contributed by atoms with Crippen molar-refractivity contribution in [2.75, 3.05) is 33.4 Å². The minimum atomic E-state index is -0.207. The molecule has 0 bridgehead atoms. The Morgan fingerprint density at radius 2 is 2.06 bits per heavy atom. The van der Waals surface area contributed by atoms with Crippen LogP contribution in [0, 0.1) is 11.8 Å². The van der Waals surface area contributed by atoms with E-state index in [2.05, 4.69) is 6.92 Å². The van der Waals surface area contributed by atoms with Crippen LogP contribution in [0.1, 0.15) is 26.7 Å². The van der Waals surface area contributed by atoms with Gasteiger partial charge in [0, 0.05) is 13.1 Å². The molecule has 104 valence electrons. The van der Waals surface area contributed by atoms with Crippen LogP contribution in [-0.2, 0) is 19.1 Å². The van der Waals surface area contributed by atoms with Crippen molar-refractivity contribution < 1.29 is 19.1 Å². The first kappa shape index (κ1) is 15.0. The molecule has 1 rings (SSSR count). The zero-order chi connectivity index (χ0) is 13.5. The second-order valence-electron chi connectivity index (χ2n) is 4.88. The van der Waals surface area contributed by atoms with Crippen molar-refractivity contribution in [3.63, 3.8) is 0 Å². The fourth-order valence-electron chi connectivity index (χ4n) is 2.21. The number of likely N-dealkylation sites (tertiary alicyclic amines) is 1. The van der Waals surface area contributed by atoms with Crippen molar-refractivity contribution in [2.45, 2.75) is 26.7 Å². The van der Waals surface area contributed by atoms with Crippen molar-refractivity contribution in [3.8, 4) is 0 Å². The molecule has 0 spiro atoms. The number of methoxy groups -OCH3 is 1. The summed E-state index contributed by atoms with van der Waals surface area (Å²) in [5, 5.41) is 0. The van der Waals surface area contributed by atoms with E-state index in [4.69, 9.17) is 9.47 Å². The summed E-state index contributed by atoms with van der Waals surface area (Å²) in [7, 11) is 1.40. The maximum atomic E-state index is 11.5. The van der Waals surface area contributed by atoms with Crippen LogP contribution in [0.5, 0.6) is 0 Å². The number of unbranched alkanes of at least 4 members (excludes halogenated alkanes) is 1. The van der Waals surface area contributed by atoms with E-state index in [1.807, 2.05) is 11.8 Å². The fourth-order valence-corrected chi connectivity index (χ4v) is 2.21. The predicted octanol–water partition coefficient (Wildman–Crippen LogP) is 1.07. The molecule has 0 aromatic carbocycles. The molecular formula is C13H23NO4. The third-order valence-electron chi connectivity index (χ3n) is 3.31. The van der Waals surface area contributed by atoms with Gasteiger partial charge in [-0.15, -0.1) is 0 Å². The largest absolute Gasteiger partial charge is 0.469 e. The van der Waals surface area contributed by atoms with Gasteiger partial charge in [-0.25, -0.2) is 0 Å². The molecule has 0 aliphatic carbocycles. The van der Waals surface area contributed by atoms with Gasteiger partial charge < -0.3 is 9.47 Å². The van der Waals surface area contributed by atoms with Gasteiger partial charge in [-0.3, -0.25) is 14.5 Å². The van der Waals surface area contributed by atoms with Crippen LogP contribution in [-0.4, -0.2) is 50.2 Å². The first-order chi connectivity index (χ1) is 8.58. The second kappa shape index (κ2) is 7.36. The number of hydrogen-bond acceptors (Lipinski definition) is 5. The molecule has 0 N–H and O–H groups in total. The summed E-state index contributed by atoms with van der Waals surface area (Å²) in [6, 6.07) is 0. The van der Waals surface area contributed by atoms with Crippen molar-refractivity contribution >= 4 is 11.9 Å². The standard InChI is InChI=1S/C13H23NO4/c1-4-5-6-18-12(15)9-14-7-10(2)11(8-14)13(16)17-3/h10-11H,4-9H2,1-3H3. The molecule has 2 unspecified atom stereocenters. The first-order valence-electron chi connectivity index (χ1n) is 6.54. The zero-order valence-corrected chi connectivity index (χ0v) is 11.5. The summed E-state index contributed by atoms with van der Waals surface area (Å²) in [4.78, 5) is 25.0. The topological polar surface area (TPSA) is 55.8 Å². The first-order valence-corrected chi connectivity index (χ1v) is 6.54. The van der Waals surface area contributed by atoms with E-state index in [1.54, 1.807) is 0 Å². The van der Waals surface area contributed by atoms with Crippen LogP contribution in [0.4, 0.5) is 0 Å². The molecule has 5 heteroatoms. The zero-order valence-electron chi connectivity index (χ0n) is 11.5. The normalized spacial score (nSPS) is 23.9. The second-order valence-corrected chi connectivity index (χ2v) is 4.88. The number of hydrogen-bond donors (Lipinski definition) is 0. The molecule has 0 aromatic heterocycles. The van der Waals surface area contributed by atoms with E-state index in [9.17, 15) is 9.59 Å². The van der Waals surface area contributed by atoms with Crippen LogP contribution >= 0.6 is 0 Å². The minimum absolute atomic E-state index is 0.126. The number of carbonyl (C=O) groups excluding carboxylic acids is 2. The van der Waals surface area contributed by atoms with Gasteiger partial charge in [0.05, 0.1) is 26.2 Å². The summed E-state index contributed by atoms with van der Waals surface area (Å²) in [5.41, 5.74) is 0. The van der Waals surface area contributed by atoms with Gasteiger partial charge in [0.2, 0.25) is 0 Å². The highest BCUT2D eigenvalue weighted by Gasteiger charge is 2.36. The van der Waals surface area contributed by atoms with E-state index < -0.39 is 0 Å². The number of esters is 2. The summed E-state index contributed by atoms with van der Waals surface area (Å²) >= 11 is 0. The summed E-state index contributed by atoms with van der Waals surface area (Å²) in [6.07, 6.45) is 1.91. The maximum Gasteiger partial charge on any atom is 0.320 e. The molecule has 5 nitrogen and oxygen atoms in total. The number of nitrogens with zero attached hydrogens (tertiary/aromatic N) is 1. The third kappa shape index (κ3) is 4.29. The van der Waals surface area contributed by atoms with E-state index in [1.165, 1.54) is 7.11 Å². The van der Waals surface area contributed by atoms with E-state index in [0.717, 1.165) is 19.4 Å². The number of ether oxygens (including phenoxy) is 2. The Morgan fingerprint density at radius 3 is 2.67 bits per heavy atom. The molecule has 1 aliphatic rings. The molecule has 0 aromatic rings. The Morgan fingerprint density at radius 1 is 1.33 bits per heavy atom. The van der Waals surface area contributed by atoms with Gasteiger partial charge in [0.15, 0.2) is 0 Å². The van der Waals surface area contributed by atoms with Crippen LogP contribution < -0.4 is 0 Å². The lowest BCUT2D eigenvalue weighted by atomic mass is 9.99. The Hall–Kier alpha value is -1.10. The molecule has 0 amide bonds. The van der Waals surface area contributed by atoms with Gasteiger partial charge in [-0.1, -0.05) is 20.3 Å². The lowest BCUT2D eigenvalue weighted by Gasteiger charge is -2.14.